The summed E-state index contributed by atoms with van der Waals surface area (Å²) in [5.74, 6) is -0.414. The Morgan fingerprint density at radius 3 is 2.14 bits per heavy atom. The van der Waals surface area contributed by atoms with Crippen molar-refractivity contribution < 1.29 is 4.79 Å². The topological polar surface area (TPSA) is 43.1 Å². The van der Waals surface area contributed by atoms with Crippen LogP contribution in [0, 0.1) is 0 Å². The zero-order valence-electron chi connectivity index (χ0n) is 8.52. The zero-order valence-corrected chi connectivity index (χ0v) is 8.52. The van der Waals surface area contributed by atoms with Crippen molar-refractivity contribution in [2.24, 2.45) is 5.73 Å². The molecule has 14 heavy (non-hydrogen) atoms. The highest BCUT2D eigenvalue weighted by Crippen LogP contribution is 1.93. The van der Waals surface area contributed by atoms with Crippen molar-refractivity contribution in [1.82, 2.24) is 0 Å². The number of rotatable bonds is 6. The summed E-state index contributed by atoms with van der Waals surface area (Å²) in [7, 11) is 0. The van der Waals surface area contributed by atoms with Gasteiger partial charge in [-0.25, -0.2) is 0 Å². The Morgan fingerprint density at radius 1 is 1.07 bits per heavy atom. The van der Waals surface area contributed by atoms with Crippen molar-refractivity contribution >= 4 is 5.91 Å². The molecule has 0 atom stereocenters. The van der Waals surface area contributed by atoms with Crippen molar-refractivity contribution in [1.29, 1.82) is 0 Å². The smallest absolute Gasteiger partial charge is 0.241 e. The quantitative estimate of drug-likeness (QED) is 0.391. The molecule has 0 aromatic heterocycles. The number of unbranched alkanes of at least 4 members (excludes halogenated alkanes) is 1. The summed E-state index contributed by atoms with van der Waals surface area (Å²) in [5.41, 5.74) is 4.91. The second kappa shape index (κ2) is 9.52. The number of amides is 1. The third kappa shape index (κ3) is 10.4. The molecule has 2 nitrogen and oxygen atoms in total. The molecule has 0 saturated carbocycles. The van der Waals surface area contributed by atoms with Gasteiger partial charge in [0.1, 0.15) is 0 Å². The van der Waals surface area contributed by atoms with Crippen molar-refractivity contribution in [3.8, 4) is 0 Å². The average Bonchev–Trinajstić information content (AvgIpc) is 2.15. The van der Waals surface area contributed by atoms with E-state index in [0.717, 1.165) is 12.8 Å². The van der Waals surface area contributed by atoms with E-state index in [1.165, 1.54) is 6.08 Å². The van der Waals surface area contributed by atoms with Gasteiger partial charge in [0.2, 0.25) is 5.91 Å². The van der Waals surface area contributed by atoms with Gasteiger partial charge in [0.05, 0.1) is 0 Å². The fourth-order valence-corrected chi connectivity index (χ4v) is 0.804. The van der Waals surface area contributed by atoms with Crippen LogP contribution in [0.3, 0.4) is 0 Å². The first-order chi connectivity index (χ1) is 6.77. The van der Waals surface area contributed by atoms with E-state index in [-0.39, 0.29) is 0 Å². The van der Waals surface area contributed by atoms with Gasteiger partial charge in [0, 0.05) is 6.08 Å². The molecule has 0 spiro atoms. The molecule has 0 aliphatic rings. The first kappa shape index (κ1) is 12.4. The van der Waals surface area contributed by atoms with Crippen LogP contribution in [0.15, 0.2) is 48.6 Å². The van der Waals surface area contributed by atoms with E-state index in [2.05, 4.69) is 6.08 Å². The Bertz CT molecular complexity index is 259. The first-order valence-electron chi connectivity index (χ1n) is 4.68. The van der Waals surface area contributed by atoms with Crippen LogP contribution in [0.1, 0.15) is 19.8 Å². The number of primary amides is 1. The molecule has 76 valence electrons. The van der Waals surface area contributed by atoms with Gasteiger partial charge in [0.15, 0.2) is 0 Å². The van der Waals surface area contributed by atoms with Gasteiger partial charge in [-0.2, -0.15) is 0 Å². The van der Waals surface area contributed by atoms with Crippen LogP contribution >= 0.6 is 0 Å². The summed E-state index contributed by atoms with van der Waals surface area (Å²) in [6.07, 6.45) is 16.9. The molecule has 2 heteroatoms. The van der Waals surface area contributed by atoms with Crippen LogP contribution in [0.2, 0.25) is 0 Å². The summed E-state index contributed by atoms with van der Waals surface area (Å²) in [5, 5.41) is 0. The predicted molar refractivity (Wildman–Crippen MR) is 60.7 cm³/mol. The summed E-state index contributed by atoms with van der Waals surface area (Å²) >= 11 is 0. The van der Waals surface area contributed by atoms with Crippen LogP contribution in [0.25, 0.3) is 0 Å². The fraction of sp³-hybridized carbons (Fsp3) is 0.250. The van der Waals surface area contributed by atoms with Crippen molar-refractivity contribution in [2.75, 3.05) is 0 Å². The standard InChI is InChI=1S/C12H17NO/c1-2-3-4-5-6-7-8-9-10-11-12(13)14/h2-5,8-11H,6-7H2,1H3,(H2,13,14)/b3-2-,5-4-,9-8+,11-10+. The molecule has 0 unspecified atom stereocenters. The minimum atomic E-state index is -0.414. The van der Waals surface area contributed by atoms with E-state index in [1.54, 1.807) is 6.08 Å². The second-order valence-electron chi connectivity index (χ2n) is 2.72. The molecule has 0 aliphatic carbocycles. The monoisotopic (exact) mass is 191 g/mol. The third-order valence-electron chi connectivity index (χ3n) is 1.45. The van der Waals surface area contributed by atoms with Crippen LogP contribution < -0.4 is 5.73 Å². The molecule has 2 N–H and O–H groups in total. The molecule has 0 bridgehead atoms. The van der Waals surface area contributed by atoms with Crippen LogP contribution in [0.4, 0.5) is 0 Å². The van der Waals surface area contributed by atoms with E-state index in [1.807, 2.05) is 37.3 Å². The van der Waals surface area contributed by atoms with Crippen LogP contribution in [0.5, 0.6) is 0 Å². The Hall–Kier alpha value is -1.57. The van der Waals surface area contributed by atoms with Crippen molar-refractivity contribution in [3.05, 3.63) is 48.6 Å². The lowest BCUT2D eigenvalue weighted by Gasteiger charge is -1.83. The lowest BCUT2D eigenvalue weighted by Crippen LogP contribution is -2.04. The van der Waals surface area contributed by atoms with Crippen molar-refractivity contribution in [2.45, 2.75) is 19.8 Å². The minimum Gasteiger partial charge on any atom is -0.366 e. The lowest BCUT2D eigenvalue weighted by molar-refractivity contribution is -0.113. The molecule has 0 radical (unpaired) electrons. The fourth-order valence-electron chi connectivity index (χ4n) is 0.804. The molecule has 0 aromatic rings. The van der Waals surface area contributed by atoms with Gasteiger partial charge >= 0.3 is 0 Å². The molecule has 0 rings (SSSR count). The van der Waals surface area contributed by atoms with Gasteiger partial charge in [-0.3, -0.25) is 4.79 Å². The van der Waals surface area contributed by atoms with E-state index < -0.39 is 5.91 Å². The van der Waals surface area contributed by atoms with Crippen LogP contribution in [-0.2, 0) is 4.79 Å². The lowest BCUT2D eigenvalue weighted by atomic mass is 10.2. The number of carbonyl (C=O) groups excluding carboxylic acids is 1. The molecule has 0 saturated heterocycles. The number of nitrogens with two attached hydrogens (primary N) is 1. The third-order valence-corrected chi connectivity index (χ3v) is 1.45. The summed E-state index contributed by atoms with van der Waals surface area (Å²) < 4.78 is 0. The second-order valence-corrected chi connectivity index (χ2v) is 2.72. The number of hydrogen-bond acceptors (Lipinski definition) is 1. The maximum Gasteiger partial charge on any atom is 0.241 e. The summed E-state index contributed by atoms with van der Waals surface area (Å²) in [6, 6.07) is 0. The Labute approximate surface area is 85.5 Å². The van der Waals surface area contributed by atoms with Gasteiger partial charge in [-0.15, -0.1) is 0 Å². The Kier molecular flexibility index (Phi) is 8.45. The largest absolute Gasteiger partial charge is 0.366 e. The molecule has 0 fully saturated rings. The Morgan fingerprint density at radius 2 is 1.64 bits per heavy atom. The minimum absolute atomic E-state index is 0.414. The molecule has 0 aliphatic heterocycles. The van der Waals surface area contributed by atoms with E-state index in [0.29, 0.717) is 0 Å². The van der Waals surface area contributed by atoms with Gasteiger partial charge in [-0.1, -0.05) is 42.5 Å². The number of carbonyl (C=O) groups is 1. The Balaban J connectivity index is 3.49. The number of hydrogen-bond donors (Lipinski definition) is 1. The highest BCUT2D eigenvalue weighted by Gasteiger charge is 1.77. The highest BCUT2D eigenvalue weighted by molar-refractivity contribution is 5.85. The maximum atomic E-state index is 10.3. The zero-order chi connectivity index (χ0) is 10.6. The number of allylic oxidation sites excluding steroid dienone is 7. The van der Waals surface area contributed by atoms with Gasteiger partial charge in [0.25, 0.3) is 0 Å². The molecular weight excluding hydrogens is 174 g/mol. The molecular formula is C12H17NO. The molecule has 0 heterocycles. The summed E-state index contributed by atoms with van der Waals surface area (Å²) in [6.45, 7) is 1.98. The summed E-state index contributed by atoms with van der Waals surface area (Å²) in [4.78, 5) is 10.3. The predicted octanol–water partition coefficient (Wildman–Crippen LogP) is 2.50. The first-order valence-corrected chi connectivity index (χ1v) is 4.68. The van der Waals surface area contributed by atoms with E-state index in [4.69, 9.17) is 5.73 Å². The van der Waals surface area contributed by atoms with Crippen LogP contribution in [-0.4, -0.2) is 5.91 Å². The normalized spacial score (nSPS) is 12.6. The molecule has 1 amide bonds. The van der Waals surface area contributed by atoms with Gasteiger partial charge in [-0.05, 0) is 19.8 Å². The maximum absolute atomic E-state index is 10.3. The van der Waals surface area contributed by atoms with Crippen molar-refractivity contribution in [3.63, 3.8) is 0 Å². The highest BCUT2D eigenvalue weighted by atomic mass is 16.1. The van der Waals surface area contributed by atoms with Gasteiger partial charge < -0.3 is 5.73 Å². The van der Waals surface area contributed by atoms with E-state index in [9.17, 15) is 4.79 Å². The average molecular weight is 191 g/mol. The van der Waals surface area contributed by atoms with E-state index >= 15 is 0 Å². The SMILES string of the molecule is C/C=C\C=C/CC/C=C/C=C/C(N)=O. The molecule has 0 aromatic carbocycles.